The SMILES string of the molecule is CC(=O)c1cccc(NC(=O)N/C=C/c2cccc(Br)c2)c1. The van der Waals surface area contributed by atoms with E-state index in [4.69, 9.17) is 0 Å². The molecule has 0 bridgehead atoms. The van der Waals surface area contributed by atoms with Crippen LogP contribution < -0.4 is 10.6 Å². The first-order valence-electron chi connectivity index (χ1n) is 6.65. The van der Waals surface area contributed by atoms with Gasteiger partial charge in [-0.2, -0.15) is 0 Å². The number of nitrogens with one attached hydrogen (secondary N) is 2. The average Bonchev–Trinajstić information content (AvgIpc) is 2.47. The number of hydrogen-bond donors (Lipinski definition) is 2. The highest BCUT2D eigenvalue weighted by atomic mass is 79.9. The van der Waals surface area contributed by atoms with E-state index in [1.165, 1.54) is 6.92 Å². The van der Waals surface area contributed by atoms with E-state index in [9.17, 15) is 9.59 Å². The van der Waals surface area contributed by atoms with Gasteiger partial charge in [-0.25, -0.2) is 4.79 Å². The summed E-state index contributed by atoms with van der Waals surface area (Å²) < 4.78 is 0.972. The monoisotopic (exact) mass is 358 g/mol. The number of Topliss-reactive ketones (excluding diaryl/α,β-unsaturated/α-hetero) is 1. The lowest BCUT2D eigenvalue weighted by molar-refractivity contribution is 0.101. The van der Waals surface area contributed by atoms with Crippen molar-refractivity contribution in [2.24, 2.45) is 0 Å². The fourth-order valence-electron chi connectivity index (χ4n) is 1.81. The summed E-state index contributed by atoms with van der Waals surface area (Å²) in [5.41, 5.74) is 2.09. The number of urea groups is 1. The van der Waals surface area contributed by atoms with Crippen molar-refractivity contribution in [1.82, 2.24) is 5.32 Å². The maximum absolute atomic E-state index is 11.8. The fraction of sp³-hybridized carbons (Fsp3) is 0.0588. The second-order valence-electron chi connectivity index (χ2n) is 4.62. The summed E-state index contributed by atoms with van der Waals surface area (Å²) in [6, 6.07) is 14.1. The molecular formula is C17H15BrN2O2. The number of hydrogen-bond acceptors (Lipinski definition) is 2. The summed E-state index contributed by atoms with van der Waals surface area (Å²) >= 11 is 3.38. The topological polar surface area (TPSA) is 58.2 Å². The molecule has 2 aromatic carbocycles. The molecule has 4 nitrogen and oxygen atoms in total. The molecule has 0 unspecified atom stereocenters. The zero-order valence-corrected chi connectivity index (χ0v) is 13.6. The average molecular weight is 359 g/mol. The lowest BCUT2D eigenvalue weighted by Gasteiger charge is -2.05. The third-order valence-corrected chi connectivity index (χ3v) is 3.36. The quantitative estimate of drug-likeness (QED) is 0.793. The highest BCUT2D eigenvalue weighted by Crippen LogP contribution is 2.13. The molecule has 0 aliphatic heterocycles. The third-order valence-electron chi connectivity index (χ3n) is 2.87. The van der Waals surface area contributed by atoms with Crippen LogP contribution in [0.2, 0.25) is 0 Å². The van der Waals surface area contributed by atoms with Crippen LogP contribution in [0.15, 0.2) is 59.2 Å². The Kier molecular flexibility index (Phi) is 5.49. The number of benzene rings is 2. The van der Waals surface area contributed by atoms with Crippen LogP contribution in [0.25, 0.3) is 6.08 Å². The van der Waals surface area contributed by atoms with Gasteiger partial charge in [-0.1, -0.05) is 40.2 Å². The summed E-state index contributed by atoms with van der Waals surface area (Å²) in [5.74, 6) is -0.0430. The van der Waals surface area contributed by atoms with Crippen LogP contribution in [-0.2, 0) is 0 Å². The first kappa shape index (κ1) is 16.0. The van der Waals surface area contributed by atoms with Gasteiger partial charge in [0.15, 0.2) is 5.78 Å². The van der Waals surface area contributed by atoms with Crippen LogP contribution in [0.1, 0.15) is 22.8 Å². The van der Waals surface area contributed by atoms with Gasteiger partial charge in [0.1, 0.15) is 0 Å². The Balaban J connectivity index is 1.93. The van der Waals surface area contributed by atoms with Gasteiger partial charge in [0.05, 0.1) is 0 Å². The highest BCUT2D eigenvalue weighted by Gasteiger charge is 2.03. The second-order valence-corrected chi connectivity index (χ2v) is 5.54. The standard InChI is InChI=1S/C17H15BrN2O2/c1-12(21)14-5-3-7-16(11-14)20-17(22)19-9-8-13-4-2-6-15(18)10-13/h2-11H,1H3,(H2,19,20,22)/b9-8+. The zero-order valence-electron chi connectivity index (χ0n) is 12.0. The Morgan fingerprint density at radius 2 is 1.86 bits per heavy atom. The van der Waals surface area contributed by atoms with Crippen molar-refractivity contribution >= 4 is 39.5 Å². The molecule has 0 atom stereocenters. The molecule has 0 aromatic heterocycles. The van der Waals surface area contributed by atoms with Gasteiger partial charge < -0.3 is 10.6 Å². The molecule has 22 heavy (non-hydrogen) atoms. The lowest BCUT2D eigenvalue weighted by atomic mass is 10.1. The molecule has 2 rings (SSSR count). The molecule has 2 amide bonds. The maximum Gasteiger partial charge on any atom is 0.323 e. The van der Waals surface area contributed by atoms with Crippen LogP contribution in [0, 0.1) is 0 Å². The highest BCUT2D eigenvalue weighted by molar-refractivity contribution is 9.10. The molecule has 0 heterocycles. The zero-order chi connectivity index (χ0) is 15.9. The molecule has 0 aliphatic carbocycles. The van der Waals surface area contributed by atoms with Crippen molar-refractivity contribution in [1.29, 1.82) is 0 Å². The molecule has 0 saturated carbocycles. The fourth-order valence-corrected chi connectivity index (χ4v) is 2.22. The Morgan fingerprint density at radius 1 is 1.09 bits per heavy atom. The first-order chi connectivity index (χ1) is 10.5. The second kappa shape index (κ2) is 7.56. The summed E-state index contributed by atoms with van der Waals surface area (Å²) in [6.07, 6.45) is 3.35. The van der Waals surface area contributed by atoms with Gasteiger partial charge >= 0.3 is 6.03 Å². The maximum atomic E-state index is 11.8. The summed E-state index contributed by atoms with van der Waals surface area (Å²) in [5, 5.41) is 5.29. The predicted molar refractivity (Wildman–Crippen MR) is 91.8 cm³/mol. The van der Waals surface area contributed by atoms with E-state index in [1.54, 1.807) is 36.5 Å². The Bertz CT molecular complexity index is 726. The summed E-state index contributed by atoms with van der Waals surface area (Å²) in [4.78, 5) is 23.1. The molecule has 0 aliphatic rings. The van der Waals surface area contributed by atoms with Crippen LogP contribution in [-0.4, -0.2) is 11.8 Å². The van der Waals surface area contributed by atoms with Crippen LogP contribution in [0.5, 0.6) is 0 Å². The number of carbonyl (C=O) groups excluding carboxylic acids is 2. The van der Waals surface area contributed by atoms with Crippen molar-refractivity contribution in [2.45, 2.75) is 6.92 Å². The van der Waals surface area contributed by atoms with Gasteiger partial charge in [-0.05, 0) is 42.8 Å². The van der Waals surface area contributed by atoms with Crippen LogP contribution in [0.4, 0.5) is 10.5 Å². The molecule has 112 valence electrons. The van der Waals surface area contributed by atoms with Crippen molar-refractivity contribution in [3.8, 4) is 0 Å². The number of rotatable bonds is 4. The smallest absolute Gasteiger partial charge is 0.314 e. The molecule has 5 heteroatoms. The minimum Gasteiger partial charge on any atom is -0.314 e. The van der Waals surface area contributed by atoms with E-state index >= 15 is 0 Å². The van der Waals surface area contributed by atoms with Gasteiger partial charge in [0.25, 0.3) is 0 Å². The van der Waals surface area contributed by atoms with Crippen LogP contribution >= 0.6 is 15.9 Å². The lowest BCUT2D eigenvalue weighted by Crippen LogP contribution is -2.23. The minimum atomic E-state index is -0.369. The Labute approximate surface area is 137 Å². The van der Waals surface area contributed by atoms with Crippen molar-refractivity contribution in [3.05, 3.63) is 70.3 Å². The number of halogens is 1. The number of amides is 2. The third kappa shape index (κ3) is 4.86. The predicted octanol–water partition coefficient (Wildman–Crippen LogP) is 4.44. The molecule has 0 spiro atoms. The van der Waals surface area contributed by atoms with E-state index in [0.717, 1.165) is 10.0 Å². The van der Waals surface area contributed by atoms with Crippen LogP contribution in [0.3, 0.4) is 0 Å². The van der Waals surface area contributed by atoms with Crippen molar-refractivity contribution < 1.29 is 9.59 Å². The largest absolute Gasteiger partial charge is 0.323 e. The minimum absolute atomic E-state index is 0.0430. The molecule has 0 radical (unpaired) electrons. The van der Waals surface area contributed by atoms with Crippen molar-refractivity contribution in [3.63, 3.8) is 0 Å². The first-order valence-corrected chi connectivity index (χ1v) is 7.44. The number of carbonyl (C=O) groups is 2. The molecule has 2 aromatic rings. The summed E-state index contributed by atoms with van der Waals surface area (Å²) in [6.45, 7) is 1.49. The van der Waals surface area contributed by atoms with E-state index in [1.807, 2.05) is 24.3 Å². The van der Waals surface area contributed by atoms with Crippen molar-refractivity contribution in [2.75, 3.05) is 5.32 Å². The van der Waals surface area contributed by atoms with Gasteiger partial charge in [0, 0.05) is 21.9 Å². The normalized spacial score (nSPS) is 10.5. The van der Waals surface area contributed by atoms with E-state index in [0.29, 0.717) is 11.3 Å². The van der Waals surface area contributed by atoms with Gasteiger partial charge in [-0.15, -0.1) is 0 Å². The van der Waals surface area contributed by atoms with E-state index in [-0.39, 0.29) is 11.8 Å². The molecular weight excluding hydrogens is 344 g/mol. The number of anilines is 1. The number of ketones is 1. The molecule has 2 N–H and O–H groups in total. The van der Waals surface area contributed by atoms with Gasteiger partial charge in [0.2, 0.25) is 0 Å². The van der Waals surface area contributed by atoms with E-state index in [2.05, 4.69) is 26.6 Å². The molecule has 0 fully saturated rings. The van der Waals surface area contributed by atoms with E-state index < -0.39 is 0 Å². The Morgan fingerprint density at radius 3 is 2.59 bits per heavy atom. The molecule has 0 saturated heterocycles. The van der Waals surface area contributed by atoms with Gasteiger partial charge in [-0.3, -0.25) is 4.79 Å². The Hall–Kier alpha value is -2.40. The summed E-state index contributed by atoms with van der Waals surface area (Å²) in [7, 11) is 0.